The third-order valence-corrected chi connectivity index (χ3v) is 12.8. The molecule has 334 valence electrons. The van der Waals surface area contributed by atoms with E-state index >= 15 is 0 Å². The van der Waals surface area contributed by atoms with Gasteiger partial charge in [-0.15, -0.1) is 41.1 Å². The highest BCUT2D eigenvalue weighted by Gasteiger charge is 2.14. The number of ether oxygens (including phenoxy) is 4. The summed E-state index contributed by atoms with van der Waals surface area (Å²) < 4.78 is 70.2. The minimum Gasteiger partial charge on any atom is -0.481 e. The first kappa shape index (κ1) is 60.6. The summed E-state index contributed by atoms with van der Waals surface area (Å²) in [7, 11) is -3.97. The molecule has 0 amide bonds. The SMILES string of the molecule is COC(=O)CCCCP(CCCCC(=O)O)CCCCC(=O)OC(C)C.COC(=O)CCCP(CCCC(=O)O)CCCC(=O)OC(C)C.O=S(=O)=O.O=S(=O)=O. The number of unbranched alkanes of at least 4 members (excludes halogenated alkanes) is 3. The van der Waals surface area contributed by atoms with Crippen molar-refractivity contribution in [1.29, 1.82) is 0 Å². The van der Waals surface area contributed by atoms with E-state index < -0.39 is 33.2 Å². The topological polar surface area (TPSA) is 282 Å². The first-order valence-electron chi connectivity index (χ1n) is 18.6. The predicted octanol–water partition coefficient (Wildman–Crippen LogP) is 5.20. The summed E-state index contributed by atoms with van der Waals surface area (Å²) in [6, 6.07) is 0. The Kier molecular flexibility index (Phi) is 45.2. The molecule has 0 bridgehead atoms. The van der Waals surface area contributed by atoms with E-state index in [1.165, 1.54) is 14.2 Å². The summed E-state index contributed by atoms with van der Waals surface area (Å²) in [5.74, 6) is -2.23. The van der Waals surface area contributed by atoms with Gasteiger partial charge >= 0.3 is 57.0 Å². The van der Waals surface area contributed by atoms with Crippen LogP contribution in [0, 0.1) is 0 Å². The third kappa shape index (κ3) is 59.8. The van der Waals surface area contributed by atoms with Crippen molar-refractivity contribution in [3.8, 4) is 0 Å². The van der Waals surface area contributed by atoms with Gasteiger partial charge in [-0.1, -0.05) is 0 Å². The van der Waals surface area contributed by atoms with Gasteiger partial charge in [0.15, 0.2) is 0 Å². The van der Waals surface area contributed by atoms with Gasteiger partial charge in [-0.25, -0.2) is 0 Å². The molecule has 0 aliphatic rings. The van der Waals surface area contributed by atoms with E-state index in [9.17, 15) is 28.8 Å². The smallest absolute Gasteiger partial charge is 0.425 e. The molecule has 0 saturated heterocycles. The lowest BCUT2D eigenvalue weighted by molar-refractivity contribution is -0.148. The Labute approximate surface area is 342 Å². The van der Waals surface area contributed by atoms with Crippen molar-refractivity contribution in [3.63, 3.8) is 0 Å². The van der Waals surface area contributed by atoms with E-state index in [1.807, 2.05) is 27.7 Å². The normalized spacial score (nSPS) is 11.2. The van der Waals surface area contributed by atoms with E-state index in [0.29, 0.717) is 32.1 Å². The molecule has 2 unspecified atom stereocenters. The number of carbonyl (C=O) groups is 6. The van der Waals surface area contributed by atoms with E-state index in [1.54, 1.807) is 0 Å². The van der Waals surface area contributed by atoms with Gasteiger partial charge in [-0.3, -0.25) is 28.8 Å². The summed E-state index contributed by atoms with van der Waals surface area (Å²) in [5, 5.41) is 17.5. The zero-order valence-electron chi connectivity index (χ0n) is 34.1. The molecule has 0 heterocycles. The number of aliphatic carboxylic acids is 2. The van der Waals surface area contributed by atoms with Gasteiger partial charge < -0.3 is 29.2 Å². The van der Waals surface area contributed by atoms with Crippen molar-refractivity contribution in [2.75, 3.05) is 51.2 Å². The van der Waals surface area contributed by atoms with Crippen LogP contribution in [0.3, 0.4) is 0 Å². The van der Waals surface area contributed by atoms with Crippen LogP contribution in [0.5, 0.6) is 0 Å². The number of hydrogen-bond donors (Lipinski definition) is 2. The Morgan fingerprint density at radius 3 is 0.947 bits per heavy atom. The van der Waals surface area contributed by atoms with E-state index in [4.69, 9.17) is 44.9 Å². The summed E-state index contributed by atoms with van der Waals surface area (Å²) in [6.45, 7) is 7.35. The number of methoxy groups -OCH3 is 2. The maximum Gasteiger partial charge on any atom is 0.425 e. The zero-order chi connectivity index (χ0) is 44.6. The van der Waals surface area contributed by atoms with Crippen LogP contribution in [0.4, 0.5) is 0 Å². The molecule has 0 fully saturated rings. The molecule has 57 heavy (non-hydrogen) atoms. The van der Waals surface area contributed by atoms with Gasteiger partial charge in [0.05, 0.1) is 26.4 Å². The van der Waals surface area contributed by atoms with Crippen LogP contribution in [-0.2, 0) is 68.9 Å². The largest absolute Gasteiger partial charge is 0.481 e. The fourth-order valence-electron chi connectivity index (χ4n) is 4.69. The minimum atomic E-state index is -3.11. The Hall–Kier alpha value is -3.08. The average Bonchev–Trinajstić information content (AvgIpc) is 3.08. The second kappa shape index (κ2) is 42.5. The molecular weight excluding hydrogens is 834 g/mol. The molecule has 0 aromatic carbocycles. The summed E-state index contributed by atoms with van der Waals surface area (Å²) in [5.41, 5.74) is 0. The maximum atomic E-state index is 11.6. The summed E-state index contributed by atoms with van der Waals surface area (Å²) in [6.07, 6.45) is 15.3. The number of hydrogen-bond acceptors (Lipinski definition) is 16. The van der Waals surface area contributed by atoms with E-state index in [-0.39, 0.29) is 64.8 Å². The number of carboxylic acids is 2. The van der Waals surface area contributed by atoms with Gasteiger partial charge in [0, 0.05) is 38.5 Å². The highest BCUT2D eigenvalue weighted by molar-refractivity contribution is 7.59. The molecule has 0 radical (unpaired) electrons. The van der Waals surface area contributed by atoms with Gasteiger partial charge in [-0.2, -0.15) is 0 Å². The van der Waals surface area contributed by atoms with Gasteiger partial charge in [0.25, 0.3) is 0 Å². The van der Waals surface area contributed by atoms with Crippen LogP contribution in [0.2, 0.25) is 0 Å². The zero-order valence-corrected chi connectivity index (χ0v) is 37.6. The fourth-order valence-corrected chi connectivity index (χ4v) is 9.86. The van der Waals surface area contributed by atoms with Crippen molar-refractivity contribution in [2.24, 2.45) is 0 Å². The van der Waals surface area contributed by atoms with Crippen LogP contribution in [0.25, 0.3) is 0 Å². The lowest BCUT2D eigenvalue weighted by Crippen LogP contribution is -2.11. The number of esters is 4. The fraction of sp³-hybridized carbons (Fsp3) is 0.829. The first-order valence-corrected chi connectivity index (χ1v) is 24.4. The Morgan fingerprint density at radius 2 is 0.649 bits per heavy atom. The Bertz CT molecular complexity index is 1300. The number of carboxylic acid groups (broad SMARTS) is 2. The molecule has 18 nitrogen and oxygen atoms in total. The molecule has 22 heteroatoms. The number of rotatable bonds is 29. The quantitative estimate of drug-likeness (QED) is 0.0422. The van der Waals surface area contributed by atoms with Crippen LogP contribution in [0.1, 0.15) is 124 Å². The Balaban J connectivity index is -0.000000415. The molecule has 0 aromatic rings. The molecular formula is C35H64O18P2S2. The van der Waals surface area contributed by atoms with Crippen LogP contribution in [0.15, 0.2) is 0 Å². The maximum absolute atomic E-state index is 11.6. The molecule has 2 atom stereocenters. The summed E-state index contributed by atoms with van der Waals surface area (Å²) in [4.78, 5) is 66.6. The minimum absolute atomic E-state index is 0.0660. The molecule has 0 rings (SSSR count). The van der Waals surface area contributed by atoms with Gasteiger partial charge in [-0.05, 0) is 122 Å². The predicted molar refractivity (Wildman–Crippen MR) is 213 cm³/mol. The van der Waals surface area contributed by atoms with Gasteiger partial charge in [0.1, 0.15) is 0 Å². The van der Waals surface area contributed by atoms with Crippen molar-refractivity contribution in [1.82, 2.24) is 0 Å². The summed E-state index contributed by atoms with van der Waals surface area (Å²) >= 11 is 0. The molecule has 0 aliphatic heterocycles. The first-order chi connectivity index (χ1) is 26.7. The van der Waals surface area contributed by atoms with Crippen LogP contribution < -0.4 is 0 Å². The van der Waals surface area contributed by atoms with E-state index in [0.717, 1.165) is 88.3 Å². The standard InChI is InChI=1S/C19H35O6P.C16H29O6P.2O3S/c1-16(2)25-19(23)12-6-9-15-26(13-7-4-10-17(20)21)14-8-5-11-18(22)24-3;1-13(2)22-16(20)9-6-12-23(10-4-7-14(17)18)11-5-8-15(19)21-3;2*1-4(2)3/h16H,4-15H2,1-3H3,(H,20,21);13H,4-12H2,1-3H3,(H,17,18);;. The molecule has 2 N–H and O–H groups in total. The molecule has 0 spiro atoms. The molecule has 0 aliphatic carbocycles. The second-order valence-electron chi connectivity index (χ2n) is 12.8. The van der Waals surface area contributed by atoms with Crippen molar-refractivity contribution < 1.29 is 83.2 Å². The van der Waals surface area contributed by atoms with E-state index in [2.05, 4.69) is 9.47 Å². The molecule has 0 saturated carbocycles. The van der Waals surface area contributed by atoms with Crippen LogP contribution in [-0.4, -0.2) is 135 Å². The molecule has 0 aromatic heterocycles. The van der Waals surface area contributed by atoms with Crippen LogP contribution >= 0.6 is 15.8 Å². The van der Waals surface area contributed by atoms with Crippen molar-refractivity contribution in [2.45, 2.75) is 136 Å². The Morgan fingerprint density at radius 1 is 0.421 bits per heavy atom. The van der Waals surface area contributed by atoms with Crippen molar-refractivity contribution >= 4 is 72.9 Å². The third-order valence-electron chi connectivity index (χ3n) is 7.09. The highest BCUT2D eigenvalue weighted by Crippen LogP contribution is 2.40. The lowest BCUT2D eigenvalue weighted by atomic mass is 10.2. The second-order valence-corrected chi connectivity index (χ2v) is 19.0. The lowest BCUT2D eigenvalue weighted by Gasteiger charge is -2.17. The highest BCUT2D eigenvalue weighted by atomic mass is 32.2. The number of carbonyl (C=O) groups excluding carboxylic acids is 4. The van der Waals surface area contributed by atoms with Gasteiger partial charge in [0.2, 0.25) is 0 Å². The monoisotopic (exact) mass is 898 g/mol. The average molecular weight is 899 g/mol. The van der Waals surface area contributed by atoms with Crippen molar-refractivity contribution in [3.05, 3.63) is 0 Å².